The molecule has 0 atom stereocenters. The van der Waals surface area contributed by atoms with Crippen molar-refractivity contribution in [2.75, 3.05) is 0 Å². The molecule has 2 aromatic rings. The van der Waals surface area contributed by atoms with Gasteiger partial charge in [0.15, 0.2) is 0 Å². The van der Waals surface area contributed by atoms with E-state index in [4.69, 9.17) is 0 Å². The van der Waals surface area contributed by atoms with E-state index in [-0.39, 0.29) is 0 Å². The summed E-state index contributed by atoms with van der Waals surface area (Å²) in [5, 5.41) is 1.35. The number of rotatable bonds is 5. The number of benzene rings is 1. The fraction of sp³-hybridized carbons (Fsp3) is 0.529. The highest BCUT2D eigenvalue weighted by atomic mass is 14.7. The average Bonchev–Trinajstić information content (AvgIpc) is 2.67. The predicted octanol–water partition coefficient (Wildman–Crippen LogP) is 5.47. The van der Waals surface area contributed by atoms with E-state index >= 15 is 0 Å². The van der Waals surface area contributed by atoms with E-state index in [0.717, 1.165) is 5.92 Å². The zero-order valence-corrected chi connectivity index (χ0v) is 12.1. The highest BCUT2D eigenvalue weighted by Crippen LogP contribution is 2.31. The molecule has 1 aromatic carbocycles. The summed E-state index contributed by atoms with van der Waals surface area (Å²) in [7, 11) is 0. The Bertz CT molecular complexity index is 516. The summed E-state index contributed by atoms with van der Waals surface area (Å²) in [5.41, 5.74) is 5.55. The van der Waals surface area contributed by atoms with Gasteiger partial charge >= 0.3 is 0 Å². The van der Waals surface area contributed by atoms with Crippen molar-refractivity contribution < 1.29 is 0 Å². The summed E-state index contributed by atoms with van der Waals surface area (Å²) in [6, 6.07) is 6.96. The first-order chi connectivity index (χ1) is 8.65. The lowest BCUT2D eigenvalue weighted by Gasteiger charge is -2.18. The molecule has 1 N–H and O–H groups in total. The maximum Gasteiger partial charge on any atom is 0.0459 e. The molecule has 1 heterocycles. The van der Waals surface area contributed by atoms with Crippen LogP contribution in [0.2, 0.25) is 0 Å². The molecular weight excluding hydrogens is 218 g/mol. The second-order valence-electron chi connectivity index (χ2n) is 5.52. The Morgan fingerprint density at radius 3 is 2.28 bits per heavy atom. The summed E-state index contributed by atoms with van der Waals surface area (Å²) in [4.78, 5) is 3.47. The third-order valence-electron chi connectivity index (χ3n) is 3.86. The van der Waals surface area contributed by atoms with Crippen molar-refractivity contribution in [3.05, 3.63) is 35.0 Å². The van der Waals surface area contributed by atoms with E-state index < -0.39 is 0 Å². The monoisotopic (exact) mass is 243 g/mol. The van der Waals surface area contributed by atoms with Gasteiger partial charge in [0.25, 0.3) is 0 Å². The van der Waals surface area contributed by atoms with Crippen LogP contribution >= 0.6 is 0 Å². The number of nitrogens with one attached hydrogen (secondary N) is 1. The molecule has 0 aliphatic carbocycles. The van der Waals surface area contributed by atoms with Gasteiger partial charge in [-0.3, -0.25) is 0 Å². The van der Waals surface area contributed by atoms with Crippen LogP contribution < -0.4 is 0 Å². The molecule has 1 heteroatoms. The second-order valence-corrected chi connectivity index (χ2v) is 5.52. The van der Waals surface area contributed by atoms with E-state index in [9.17, 15) is 0 Å². The van der Waals surface area contributed by atoms with Gasteiger partial charge in [-0.05, 0) is 67.3 Å². The molecule has 1 nitrogen and oxygen atoms in total. The number of fused-ring (bicyclic) bond motifs is 1. The highest BCUT2D eigenvalue weighted by Gasteiger charge is 2.13. The Labute approximate surface area is 111 Å². The second kappa shape index (κ2) is 5.60. The first kappa shape index (κ1) is 13.2. The number of H-pyrrole nitrogens is 1. The number of aromatic amines is 1. The maximum absolute atomic E-state index is 3.47. The standard InChI is InChI=1S/C17H25N/c1-5-7-14(8-6-2)16-11-17-15(9-12(16)3)10-13(4)18-17/h9-11,14,18H,5-8H2,1-4H3. The van der Waals surface area contributed by atoms with Gasteiger partial charge in [-0.15, -0.1) is 0 Å². The van der Waals surface area contributed by atoms with Gasteiger partial charge in [0.2, 0.25) is 0 Å². The lowest BCUT2D eigenvalue weighted by Crippen LogP contribution is -2.01. The van der Waals surface area contributed by atoms with Gasteiger partial charge in [0.05, 0.1) is 0 Å². The SMILES string of the molecule is CCCC(CCC)c1cc2[nH]c(C)cc2cc1C. The third kappa shape index (κ3) is 2.60. The average molecular weight is 243 g/mol. The first-order valence-corrected chi connectivity index (χ1v) is 7.25. The molecule has 0 amide bonds. The normalized spacial score (nSPS) is 11.6. The Morgan fingerprint density at radius 1 is 1.00 bits per heavy atom. The molecule has 0 aliphatic heterocycles. The van der Waals surface area contributed by atoms with Crippen LogP contribution in [-0.4, -0.2) is 4.98 Å². The van der Waals surface area contributed by atoms with Crippen LogP contribution in [0.3, 0.4) is 0 Å². The van der Waals surface area contributed by atoms with Crippen LogP contribution in [0.4, 0.5) is 0 Å². The molecular formula is C17H25N. The Kier molecular flexibility index (Phi) is 4.11. The van der Waals surface area contributed by atoms with Crippen LogP contribution in [0.5, 0.6) is 0 Å². The molecule has 0 saturated heterocycles. The minimum Gasteiger partial charge on any atom is -0.359 e. The zero-order valence-electron chi connectivity index (χ0n) is 12.1. The number of aromatic nitrogens is 1. The molecule has 0 radical (unpaired) electrons. The van der Waals surface area contributed by atoms with Gasteiger partial charge in [-0.1, -0.05) is 26.7 Å². The van der Waals surface area contributed by atoms with Gasteiger partial charge in [-0.2, -0.15) is 0 Å². The number of hydrogen-bond acceptors (Lipinski definition) is 0. The number of aryl methyl sites for hydroxylation is 2. The lowest BCUT2D eigenvalue weighted by molar-refractivity contribution is 0.559. The van der Waals surface area contributed by atoms with E-state index in [1.54, 1.807) is 5.56 Å². The molecule has 18 heavy (non-hydrogen) atoms. The molecule has 98 valence electrons. The maximum atomic E-state index is 3.47. The zero-order chi connectivity index (χ0) is 13.1. The highest BCUT2D eigenvalue weighted by molar-refractivity contribution is 5.82. The van der Waals surface area contributed by atoms with Gasteiger partial charge in [-0.25, -0.2) is 0 Å². The third-order valence-corrected chi connectivity index (χ3v) is 3.86. The van der Waals surface area contributed by atoms with E-state index in [1.807, 2.05) is 0 Å². The summed E-state index contributed by atoms with van der Waals surface area (Å²) in [6.07, 6.45) is 5.15. The summed E-state index contributed by atoms with van der Waals surface area (Å²) in [5.74, 6) is 0.730. The first-order valence-electron chi connectivity index (χ1n) is 7.25. The Hall–Kier alpha value is -1.24. The minimum atomic E-state index is 0.730. The molecule has 0 saturated carbocycles. The van der Waals surface area contributed by atoms with Crippen molar-refractivity contribution in [2.45, 2.75) is 59.3 Å². The molecule has 0 aliphatic rings. The molecule has 0 spiro atoms. The fourth-order valence-electron chi connectivity index (χ4n) is 3.05. The van der Waals surface area contributed by atoms with Crippen LogP contribution in [0, 0.1) is 13.8 Å². The largest absolute Gasteiger partial charge is 0.359 e. The smallest absolute Gasteiger partial charge is 0.0459 e. The van der Waals surface area contributed by atoms with Gasteiger partial charge in [0.1, 0.15) is 0 Å². The molecule has 1 aromatic heterocycles. The molecule has 0 bridgehead atoms. The summed E-state index contributed by atoms with van der Waals surface area (Å²) >= 11 is 0. The fourth-order valence-corrected chi connectivity index (χ4v) is 3.05. The van der Waals surface area contributed by atoms with Gasteiger partial charge < -0.3 is 4.98 Å². The van der Waals surface area contributed by atoms with E-state index in [2.05, 4.69) is 50.9 Å². The molecule has 0 fully saturated rings. The van der Waals surface area contributed by atoms with Crippen molar-refractivity contribution in [1.82, 2.24) is 4.98 Å². The van der Waals surface area contributed by atoms with Crippen LogP contribution in [0.1, 0.15) is 62.3 Å². The summed E-state index contributed by atoms with van der Waals surface area (Å²) in [6.45, 7) is 8.96. The quantitative estimate of drug-likeness (QED) is 0.717. The summed E-state index contributed by atoms with van der Waals surface area (Å²) < 4.78 is 0. The van der Waals surface area contributed by atoms with E-state index in [1.165, 1.54) is 47.8 Å². The van der Waals surface area contributed by atoms with Gasteiger partial charge in [0, 0.05) is 11.2 Å². The lowest BCUT2D eigenvalue weighted by atomic mass is 9.87. The van der Waals surface area contributed by atoms with Crippen molar-refractivity contribution in [1.29, 1.82) is 0 Å². The Balaban J connectivity index is 2.43. The number of hydrogen-bond donors (Lipinski definition) is 1. The Morgan fingerprint density at radius 2 is 1.67 bits per heavy atom. The van der Waals surface area contributed by atoms with Crippen molar-refractivity contribution in [3.8, 4) is 0 Å². The van der Waals surface area contributed by atoms with Crippen LogP contribution in [0.25, 0.3) is 10.9 Å². The minimum absolute atomic E-state index is 0.730. The van der Waals surface area contributed by atoms with Crippen LogP contribution in [-0.2, 0) is 0 Å². The van der Waals surface area contributed by atoms with Crippen molar-refractivity contribution in [3.63, 3.8) is 0 Å². The molecule has 0 unspecified atom stereocenters. The van der Waals surface area contributed by atoms with Crippen LogP contribution in [0.15, 0.2) is 18.2 Å². The molecule has 2 rings (SSSR count). The topological polar surface area (TPSA) is 15.8 Å². The van der Waals surface area contributed by atoms with Crippen molar-refractivity contribution in [2.24, 2.45) is 0 Å². The predicted molar refractivity (Wildman–Crippen MR) is 80.3 cm³/mol. The van der Waals surface area contributed by atoms with Crippen molar-refractivity contribution >= 4 is 10.9 Å². The van der Waals surface area contributed by atoms with E-state index in [0.29, 0.717) is 0 Å².